The smallest absolute Gasteiger partial charge is 0.230 e. The van der Waals surface area contributed by atoms with Gasteiger partial charge in [0.15, 0.2) is 11.6 Å². The standard InChI is InChI=1S/C12H12BrF2N5/c1-16-11-17-10(18-12(19-11)20(2)3)8-7(14)5-4-6(13)9(8)15/h4-5H,1-3H3,(H,16,17,18,19). The molecule has 2 aromatic rings. The van der Waals surface area contributed by atoms with Crippen molar-refractivity contribution in [3.63, 3.8) is 0 Å². The zero-order valence-electron chi connectivity index (χ0n) is 11.1. The Labute approximate surface area is 123 Å². The van der Waals surface area contributed by atoms with E-state index in [2.05, 4.69) is 36.2 Å². The van der Waals surface area contributed by atoms with Gasteiger partial charge in [0.2, 0.25) is 11.9 Å². The van der Waals surface area contributed by atoms with Gasteiger partial charge in [-0.25, -0.2) is 8.78 Å². The summed E-state index contributed by atoms with van der Waals surface area (Å²) in [6, 6.07) is 2.45. The maximum Gasteiger partial charge on any atom is 0.230 e. The molecule has 0 unspecified atom stereocenters. The number of anilines is 2. The minimum absolute atomic E-state index is 0.0654. The summed E-state index contributed by atoms with van der Waals surface area (Å²) in [7, 11) is 5.07. The molecule has 2 rings (SSSR count). The molecule has 0 fully saturated rings. The fourth-order valence-electron chi connectivity index (χ4n) is 1.52. The van der Waals surface area contributed by atoms with E-state index in [0.29, 0.717) is 5.95 Å². The van der Waals surface area contributed by atoms with Crippen molar-refractivity contribution in [2.75, 3.05) is 31.4 Å². The van der Waals surface area contributed by atoms with Crippen LogP contribution in [0.25, 0.3) is 11.4 Å². The van der Waals surface area contributed by atoms with Crippen LogP contribution in [0.5, 0.6) is 0 Å². The Bertz CT molecular complexity index is 648. The highest BCUT2D eigenvalue weighted by atomic mass is 79.9. The Morgan fingerprint density at radius 2 is 1.85 bits per heavy atom. The zero-order valence-corrected chi connectivity index (χ0v) is 12.7. The molecule has 0 aliphatic carbocycles. The number of aromatic nitrogens is 3. The van der Waals surface area contributed by atoms with Gasteiger partial charge in [0, 0.05) is 21.1 Å². The lowest BCUT2D eigenvalue weighted by molar-refractivity contribution is 0.583. The average molecular weight is 344 g/mol. The molecule has 0 aliphatic rings. The highest BCUT2D eigenvalue weighted by molar-refractivity contribution is 9.10. The van der Waals surface area contributed by atoms with E-state index >= 15 is 0 Å². The molecular weight excluding hydrogens is 332 g/mol. The maximum atomic E-state index is 14.1. The molecule has 1 aromatic heterocycles. The first-order valence-corrected chi connectivity index (χ1v) is 6.48. The van der Waals surface area contributed by atoms with Crippen LogP contribution in [-0.2, 0) is 0 Å². The van der Waals surface area contributed by atoms with Gasteiger partial charge in [-0.1, -0.05) is 0 Å². The number of hydrogen-bond donors (Lipinski definition) is 1. The second-order valence-electron chi connectivity index (χ2n) is 4.15. The van der Waals surface area contributed by atoms with Crippen LogP contribution in [0, 0.1) is 11.6 Å². The van der Waals surface area contributed by atoms with Crippen molar-refractivity contribution in [1.82, 2.24) is 15.0 Å². The first-order chi connectivity index (χ1) is 9.43. The molecule has 0 saturated heterocycles. The van der Waals surface area contributed by atoms with E-state index in [1.54, 1.807) is 26.0 Å². The molecule has 0 bridgehead atoms. The zero-order chi connectivity index (χ0) is 14.9. The molecule has 1 aromatic carbocycles. The Kier molecular flexibility index (Phi) is 4.12. The van der Waals surface area contributed by atoms with Crippen molar-refractivity contribution in [2.24, 2.45) is 0 Å². The first-order valence-electron chi connectivity index (χ1n) is 5.69. The molecule has 0 radical (unpaired) electrons. The maximum absolute atomic E-state index is 14.1. The summed E-state index contributed by atoms with van der Waals surface area (Å²) in [4.78, 5) is 13.8. The van der Waals surface area contributed by atoms with Crippen LogP contribution in [-0.4, -0.2) is 36.1 Å². The number of rotatable bonds is 3. The van der Waals surface area contributed by atoms with Crippen molar-refractivity contribution >= 4 is 27.8 Å². The molecule has 0 spiro atoms. The van der Waals surface area contributed by atoms with Gasteiger partial charge in [-0.3, -0.25) is 0 Å². The summed E-state index contributed by atoms with van der Waals surface area (Å²) < 4.78 is 28.1. The quantitative estimate of drug-likeness (QED) is 0.868. The van der Waals surface area contributed by atoms with Gasteiger partial charge in [0.1, 0.15) is 5.82 Å². The summed E-state index contributed by atoms with van der Waals surface area (Å²) in [6.45, 7) is 0. The number of benzene rings is 1. The van der Waals surface area contributed by atoms with Crippen molar-refractivity contribution in [3.05, 3.63) is 28.2 Å². The summed E-state index contributed by atoms with van der Waals surface area (Å²) in [5.41, 5.74) is -0.290. The molecule has 0 atom stereocenters. The average Bonchev–Trinajstić information content (AvgIpc) is 2.43. The van der Waals surface area contributed by atoms with Crippen LogP contribution in [0.4, 0.5) is 20.7 Å². The van der Waals surface area contributed by atoms with E-state index in [9.17, 15) is 8.78 Å². The largest absolute Gasteiger partial charge is 0.357 e. The highest BCUT2D eigenvalue weighted by Crippen LogP contribution is 2.29. The van der Waals surface area contributed by atoms with Gasteiger partial charge in [-0.15, -0.1) is 0 Å². The summed E-state index contributed by atoms with van der Waals surface area (Å²) in [5, 5.41) is 2.74. The van der Waals surface area contributed by atoms with Gasteiger partial charge < -0.3 is 10.2 Å². The van der Waals surface area contributed by atoms with Crippen LogP contribution < -0.4 is 10.2 Å². The fraction of sp³-hybridized carbons (Fsp3) is 0.250. The van der Waals surface area contributed by atoms with Crippen LogP contribution in [0.3, 0.4) is 0 Å². The van der Waals surface area contributed by atoms with Crippen molar-refractivity contribution in [3.8, 4) is 11.4 Å². The van der Waals surface area contributed by atoms with Gasteiger partial charge in [-0.05, 0) is 28.1 Å². The third kappa shape index (κ3) is 2.69. The molecule has 106 valence electrons. The molecule has 5 nitrogen and oxygen atoms in total. The molecule has 20 heavy (non-hydrogen) atoms. The van der Waals surface area contributed by atoms with E-state index in [1.807, 2.05) is 0 Å². The Morgan fingerprint density at radius 3 is 2.45 bits per heavy atom. The third-order valence-electron chi connectivity index (χ3n) is 2.51. The van der Waals surface area contributed by atoms with Crippen molar-refractivity contribution in [1.29, 1.82) is 0 Å². The van der Waals surface area contributed by atoms with Crippen molar-refractivity contribution < 1.29 is 8.78 Å². The molecular formula is C12H12BrF2N5. The minimum Gasteiger partial charge on any atom is -0.357 e. The van der Waals surface area contributed by atoms with Crippen LogP contribution >= 0.6 is 15.9 Å². The summed E-state index contributed by atoms with van der Waals surface area (Å²) >= 11 is 3.02. The SMILES string of the molecule is CNc1nc(-c2c(F)ccc(Br)c2F)nc(N(C)C)n1. The number of halogens is 3. The van der Waals surface area contributed by atoms with Crippen molar-refractivity contribution in [2.45, 2.75) is 0 Å². The second-order valence-corrected chi connectivity index (χ2v) is 5.00. The number of nitrogens with one attached hydrogen (secondary N) is 1. The van der Waals surface area contributed by atoms with Crippen LogP contribution in [0.1, 0.15) is 0 Å². The lowest BCUT2D eigenvalue weighted by atomic mass is 10.2. The van der Waals surface area contributed by atoms with Gasteiger partial charge in [-0.2, -0.15) is 15.0 Å². The van der Waals surface area contributed by atoms with E-state index in [4.69, 9.17) is 0 Å². The summed E-state index contributed by atoms with van der Waals surface area (Å²) in [6.07, 6.45) is 0. The fourth-order valence-corrected chi connectivity index (χ4v) is 1.85. The lowest BCUT2D eigenvalue weighted by Crippen LogP contribution is -2.15. The van der Waals surface area contributed by atoms with Gasteiger partial charge in [0.25, 0.3) is 0 Å². The molecule has 1 heterocycles. The lowest BCUT2D eigenvalue weighted by Gasteiger charge is -2.13. The Hall–Kier alpha value is -1.83. The normalized spacial score (nSPS) is 10.5. The number of hydrogen-bond acceptors (Lipinski definition) is 5. The predicted molar refractivity (Wildman–Crippen MR) is 76.8 cm³/mol. The topological polar surface area (TPSA) is 53.9 Å². The van der Waals surface area contributed by atoms with Crippen LogP contribution in [0.15, 0.2) is 16.6 Å². The second kappa shape index (κ2) is 5.66. The van der Waals surface area contributed by atoms with Gasteiger partial charge >= 0.3 is 0 Å². The molecule has 0 saturated carbocycles. The summed E-state index contributed by atoms with van der Waals surface area (Å²) in [5.74, 6) is -1.01. The molecule has 0 amide bonds. The molecule has 0 aliphatic heterocycles. The molecule has 8 heteroatoms. The third-order valence-corrected chi connectivity index (χ3v) is 3.13. The van der Waals surface area contributed by atoms with Crippen LogP contribution in [0.2, 0.25) is 0 Å². The Balaban J connectivity index is 2.69. The van der Waals surface area contributed by atoms with E-state index in [-0.39, 0.29) is 21.8 Å². The highest BCUT2D eigenvalue weighted by Gasteiger charge is 2.19. The Morgan fingerprint density at radius 1 is 1.15 bits per heavy atom. The van der Waals surface area contributed by atoms with E-state index < -0.39 is 11.6 Å². The van der Waals surface area contributed by atoms with Gasteiger partial charge in [0.05, 0.1) is 10.0 Å². The van der Waals surface area contributed by atoms with E-state index in [0.717, 1.165) is 6.07 Å². The molecule has 1 N–H and O–H groups in total. The predicted octanol–water partition coefficient (Wildman–Crippen LogP) is 2.69. The number of nitrogens with zero attached hydrogens (tertiary/aromatic N) is 4. The van der Waals surface area contributed by atoms with E-state index in [1.165, 1.54) is 6.07 Å². The first kappa shape index (κ1) is 14.6. The monoisotopic (exact) mass is 343 g/mol. The minimum atomic E-state index is -0.747.